The molecule has 1 aromatic rings. The van der Waals surface area contributed by atoms with Crippen LogP contribution in [0.4, 0.5) is 10.7 Å². The van der Waals surface area contributed by atoms with Crippen LogP contribution in [0.25, 0.3) is 0 Å². The summed E-state index contributed by atoms with van der Waals surface area (Å²) >= 11 is 0. The molecule has 0 atom stereocenters. The summed E-state index contributed by atoms with van der Waals surface area (Å²) in [6.45, 7) is 4.50. The number of carbonyl (C=O) groups is 2. The first-order valence-electron chi connectivity index (χ1n) is 8.51. The topological polar surface area (TPSA) is 114 Å². The average molecular weight is 346 g/mol. The number of nitriles is 1. The Kier molecular flexibility index (Phi) is 5.07. The number of nitrogens with zero attached hydrogens (tertiary/aromatic N) is 4. The molecular formula is C16H22N6O3. The highest BCUT2D eigenvalue weighted by Gasteiger charge is 2.32. The highest BCUT2D eigenvalue weighted by atomic mass is 16.4. The third-order valence-corrected chi connectivity index (χ3v) is 4.29. The molecule has 3 amide bonds. The minimum absolute atomic E-state index is 0.117. The Bertz CT molecular complexity index is 683. The van der Waals surface area contributed by atoms with E-state index in [1.807, 2.05) is 4.90 Å². The first-order chi connectivity index (χ1) is 12.1. The Morgan fingerprint density at radius 2 is 1.92 bits per heavy atom. The van der Waals surface area contributed by atoms with E-state index in [1.54, 1.807) is 4.90 Å². The Morgan fingerprint density at radius 3 is 2.52 bits per heavy atom. The molecule has 1 aliphatic carbocycles. The second-order valence-electron chi connectivity index (χ2n) is 6.28. The third kappa shape index (κ3) is 4.21. The van der Waals surface area contributed by atoms with Gasteiger partial charge in [-0.2, -0.15) is 5.26 Å². The summed E-state index contributed by atoms with van der Waals surface area (Å²) in [5, 5.41) is 14.7. The van der Waals surface area contributed by atoms with E-state index in [0.29, 0.717) is 62.7 Å². The van der Waals surface area contributed by atoms with Gasteiger partial charge >= 0.3 is 6.03 Å². The molecule has 1 aromatic heterocycles. The van der Waals surface area contributed by atoms with Crippen molar-refractivity contribution >= 4 is 17.8 Å². The van der Waals surface area contributed by atoms with Crippen molar-refractivity contribution in [3.8, 4) is 6.07 Å². The fourth-order valence-corrected chi connectivity index (χ4v) is 2.75. The van der Waals surface area contributed by atoms with Crippen LogP contribution in [0.3, 0.4) is 0 Å². The molecule has 2 heterocycles. The maximum Gasteiger partial charge on any atom is 0.317 e. The van der Waals surface area contributed by atoms with Gasteiger partial charge in [0, 0.05) is 52.1 Å². The Morgan fingerprint density at radius 1 is 1.24 bits per heavy atom. The van der Waals surface area contributed by atoms with Crippen LogP contribution in [-0.2, 0) is 4.79 Å². The summed E-state index contributed by atoms with van der Waals surface area (Å²) < 4.78 is 5.80. The first kappa shape index (κ1) is 17.1. The van der Waals surface area contributed by atoms with E-state index in [1.165, 1.54) is 6.92 Å². The van der Waals surface area contributed by atoms with Crippen LogP contribution in [0.5, 0.6) is 0 Å². The lowest BCUT2D eigenvalue weighted by atomic mass is 10.3. The van der Waals surface area contributed by atoms with Gasteiger partial charge in [0.1, 0.15) is 6.07 Å². The number of oxazole rings is 1. The molecule has 0 aromatic carbocycles. The number of anilines is 1. The number of aromatic nitrogens is 1. The van der Waals surface area contributed by atoms with Crippen LogP contribution < -0.4 is 15.5 Å². The lowest BCUT2D eigenvalue weighted by Crippen LogP contribution is -2.52. The number of piperazine rings is 1. The number of rotatable bonds is 5. The van der Waals surface area contributed by atoms with Crippen LogP contribution in [0.2, 0.25) is 0 Å². The molecule has 3 rings (SSSR count). The van der Waals surface area contributed by atoms with Crippen molar-refractivity contribution in [3.63, 3.8) is 0 Å². The van der Waals surface area contributed by atoms with Crippen molar-refractivity contribution in [2.75, 3.05) is 44.2 Å². The lowest BCUT2D eigenvalue weighted by molar-refractivity contribution is -0.118. The first-order valence-corrected chi connectivity index (χ1v) is 8.51. The van der Waals surface area contributed by atoms with Gasteiger partial charge in [-0.25, -0.2) is 9.78 Å². The predicted molar refractivity (Wildman–Crippen MR) is 89.1 cm³/mol. The van der Waals surface area contributed by atoms with Gasteiger partial charge in [-0.05, 0) is 12.8 Å². The van der Waals surface area contributed by atoms with Gasteiger partial charge in [-0.1, -0.05) is 0 Å². The standard InChI is InChI=1S/C16H22N6O3/c1-11(23)18-4-5-19-16(24)22-8-6-21(7-9-22)15-13(10-17)20-14(25-15)12-2-3-12/h12H,2-9H2,1H3,(H,18,23)(H,19,24). The zero-order valence-electron chi connectivity index (χ0n) is 14.2. The van der Waals surface area contributed by atoms with Crippen LogP contribution in [0.15, 0.2) is 4.42 Å². The zero-order chi connectivity index (χ0) is 17.8. The number of nitrogens with one attached hydrogen (secondary N) is 2. The van der Waals surface area contributed by atoms with Crippen molar-refractivity contribution in [2.45, 2.75) is 25.7 Å². The third-order valence-electron chi connectivity index (χ3n) is 4.29. The fraction of sp³-hybridized carbons (Fsp3) is 0.625. The van der Waals surface area contributed by atoms with Gasteiger partial charge in [-0.15, -0.1) is 0 Å². The molecule has 0 unspecified atom stereocenters. The largest absolute Gasteiger partial charge is 0.423 e. The van der Waals surface area contributed by atoms with Gasteiger partial charge in [0.05, 0.1) is 0 Å². The summed E-state index contributed by atoms with van der Waals surface area (Å²) in [5.74, 6) is 1.42. The van der Waals surface area contributed by atoms with E-state index in [-0.39, 0.29) is 11.9 Å². The maximum atomic E-state index is 12.1. The monoisotopic (exact) mass is 346 g/mol. The van der Waals surface area contributed by atoms with Gasteiger partial charge in [0.2, 0.25) is 23.4 Å². The molecule has 9 nitrogen and oxygen atoms in total. The highest BCUT2D eigenvalue weighted by Crippen LogP contribution is 2.41. The Hall–Kier alpha value is -2.76. The molecule has 0 radical (unpaired) electrons. The predicted octanol–water partition coefficient (Wildman–Crippen LogP) is 0.391. The number of hydrogen-bond acceptors (Lipinski definition) is 6. The second kappa shape index (κ2) is 7.42. The SMILES string of the molecule is CC(=O)NCCNC(=O)N1CCN(c2oc(C3CC3)nc2C#N)CC1. The van der Waals surface area contributed by atoms with Crippen LogP contribution in [0.1, 0.15) is 37.3 Å². The zero-order valence-corrected chi connectivity index (χ0v) is 14.2. The molecule has 2 N–H and O–H groups in total. The minimum Gasteiger partial charge on any atom is -0.423 e. The molecule has 2 fully saturated rings. The molecule has 2 aliphatic rings. The number of urea groups is 1. The van der Waals surface area contributed by atoms with E-state index < -0.39 is 0 Å². The van der Waals surface area contributed by atoms with E-state index in [0.717, 1.165) is 12.8 Å². The molecule has 0 bridgehead atoms. The van der Waals surface area contributed by atoms with Crippen molar-refractivity contribution in [3.05, 3.63) is 11.6 Å². The maximum absolute atomic E-state index is 12.1. The smallest absolute Gasteiger partial charge is 0.317 e. The van der Waals surface area contributed by atoms with Gasteiger partial charge in [0.25, 0.3) is 0 Å². The number of hydrogen-bond donors (Lipinski definition) is 2. The quantitative estimate of drug-likeness (QED) is 0.746. The van der Waals surface area contributed by atoms with Crippen LogP contribution in [0, 0.1) is 11.3 Å². The van der Waals surface area contributed by atoms with E-state index in [9.17, 15) is 14.9 Å². The van der Waals surface area contributed by atoms with E-state index in [4.69, 9.17) is 4.42 Å². The molecule has 9 heteroatoms. The van der Waals surface area contributed by atoms with E-state index in [2.05, 4.69) is 21.7 Å². The summed E-state index contributed by atoms with van der Waals surface area (Å²) in [6, 6.07) is 1.95. The van der Waals surface area contributed by atoms with Crippen molar-refractivity contribution < 1.29 is 14.0 Å². The summed E-state index contributed by atoms with van der Waals surface area (Å²) in [5.41, 5.74) is 0.329. The summed E-state index contributed by atoms with van der Waals surface area (Å²) in [4.78, 5) is 30.9. The number of amides is 3. The molecule has 1 saturated carbocycles. The normalized spacial score (nSPS) is 17.1. The fourth-order valence-electron chi connectivity index (χ4n) is 2.75. The molecule has 134 valence electrons. The molecule has 25 heavy (non-hydrogen) atoms. The Labute approximate surface area is 146 Å². The van der Waals surface area contributed by atoms with E-state index >= 15 is 0 Å². The second-order valence-corrected chi connectivity index (χ2v) is 6.28. The van der Waals surface area contributed by atoms with Crippen LogP contribution >= 0.6 is 0 Å². The lowest BCUT2D eigenvalue weighted by Gasteiger charge is -2.34. The number of carbonyl (C=O) groups excluding carboxylic acids is 2. The molecular weight excluding hydrogens is 324 g/mol. The van der Waals surface area contributed by atoms with Gasteiger partial charge < -0.3 is 24.9 Å². The van der Waals surface area contributed by atoms with Gasteiger partial charge in [-0.3, -0.25) is 4.79 Å². The Balaban J connectivity index is 1.49. The van der Waals surface area contributed by atoms with Crippen LogP contribution in [-0.4, -0.2) is 61.1 Å². The van der Waals surface area contributed by atoms with Crippen molar-refractivity contribution in [2.24, 2.45) is 0 Å². The van der Waals surface area contributed by atoms with Crippen molar-refractivity contribution in [1.29, 1.82) is 5.26 Å². The summed E-state index contributed by atoms with van der Waals surface area (Å²) in [6.07, 6.45) is 2.13. The van der Waals surface area contributed by atoms with Crippen molar-refractivity contribution in [1.82, 2.24) is 20.5 Å². The van der Waals surface area contributed by atoms with Gasteiger partial charge in [0.15, 0.2) is 0 Å². The average Bonchev–Trinajstić information content (AvgIpc) is 3.37. The highest BCUT2D eigenvalue weighted by molar-refractivity contribution is 5.75. The summed E-state index contributed by atoms with van der Waals surface area (Å²) in [7, 11) is 0. The molecule has 0 spiro atoms. The molecule has 1 saturated heterocycles. The molecule has 1 aliphatic heterocycles. The minimum atomic E-state index is -0.151.